The van der Waals surface area contributed by atoms with Gasteiger partial charge in [0.2, 0.25) is 5.91 Å². The van der Waals surface area contributed by atoms with E-state index < -0.39 is 17.7 Å². The first kappa shape index (κ1) is 13.8. The van der Waals surface area contributed by atoms with Crippen LogP contribution in [-0.2, 0) is 9.59 Å². The number of rotatable bonds is 3. The molecule has 0 aromatic carbocycles. The van der Waals surface area contributed by atoms with E-state index in [1.807, 2.05) is 0 Å². The van der Waals surface area contributed by atoms with Crippen molar-refractivity contribution < 1.29 is 19.5 Å². The van der Waals surface area contributed by atoms with Gasteiger partial charge in [0.1, 0.15) is 12.1 Å². The lowest BCUT2D eigenvalue weighted by atomic mass is 9.99. The van der Waals surface area contributed by atoms with Gasteiger partial charge in [-0.25, -0.2) is 4.79 Å². The maximum atomic E-state index is 12.1. The van der Waals surface area contributed by atoms with Gasteiger partial charge in [0, 0.05) is 13.1 Å². The van der Waals surface area contributed by atoms with Crippen LogP contribution in [-0.4, -0.2) is 64.0 Å². The van der Waals surface area contributed by atoms with Gasteiger partial charge in [-0.3, -0.25) is 14.5 Å². The maximum absolute atomic E-state index is 12.1. The van der Waals surface area contributed by atoms with Gasteiger partial charge in [0.05, 0.1) is 6.10 Å². The number of imide groups is 1. The number of carbonyl (C=O) groups excluding carboxylic acids is 3. The van der Waals surface area contributed by atoms with E-state index >= 15 is 0 Å². The van der Waals surface area contributed by atoms with Crippen molar-refractivity contribution in [2.24, 2.45) is 0 Å². The number of amides is 4. The molecule has 7 heteroatoms. The molecule has 7 nitrogen and oxygen atoms in total. The Balaban J connectivity index is 2.01. The predicted molar refractivity (Wildman–Crippen MR) is 66.1 cm³/mol. The summed E-state index contributed by atoms with van der Waals surface area (Å²) in [5, 5.41) is 12.0. The van der Waals surface area contributed by atoms with Crippen molar-refractivity contribution in [3.05, 3.63) is 0 Å². The second kappa shape index (κ2) is 4.80. The molecular formula is C12H19N3O4. The fraction of sp³-hybridized carbons (Fsp3) is 0.750. The van der Waals surface area contributed by atoms with Crippen LogP contribution in [0.2, 0.25) is 0 Å². The highest BCUT2D eigenvalue weighted by molar-refractivity contribution is 6.08. The zero-order valence-electron chi connectivity index (χ0n) is 11.2. The van der Waals surface area contributed by atoms with E-state index in [4.69, 9.17) is 0 Å². The molecule has 106 valence electrons. The van der Waals surface area contributed by atoms with Crippen LogP contribution in [0.3, 0.4) is 0 Å². The monoisotopic (exact) mass is 269 g/mol. The molecule has 2 fully saturated rings. The van der Waals surface area contributed by atoms with Crippen LogP contribution in [0.4, 0.5) is 4.79 Å². The Bertz CT molecular complexity index is 425. The first-order valence-electron chi connectivity index (χ1n) is 6.47. The van der Waals surface area contributed by atoms with E-state index in [0.29, 0.717) is 19.4 Å². The van der Waals surface area contributed by atoms with Crippen LogP contribution in [0.5, 0.6) is 0 Å². The molecule has 1 unspecified atom stereocenters. The van der Waals surface area contributed by atoms with Crippen LogP contribution in [0, 0.1) is 0 Å². The minimum atomic E-state index is -0.915. The number of urea groups is 1. The number of β-amino-alcohol motifs (C(OH)–C–C–N with tert-alkyl or cyclic N) is 1. The molecule has 0 saturated carbocycles. The zero-order valence-corrected chi connectivity index (χ0v) is 11.2. The highest BCUT2D eigenvalue weighted by Gasteiger charge is 2.47. The number of nitrogens with one attached hydrogen (secondary N) is 1. The molecule has 2 aliphatic rings. The van der Waals surface area contributed by atoms with Crippen LogP contribution < -0.4 is 5.32 Å². The van der Waals surface area contributed by atoms with E-state index in [2.05, 4.69) is 5.32 Å². The summed E-state index contributed by atoms with van der Waals surface area (Å²) >= 11 is 0. The fourth-order valence-electron chi connectivity index (χ4n) is 2.33. The molecule has 0 aromatic rings. The Morgan fingerprint density at radius 1 is 1.53 bits per heavy atom. The first-order valence-corrected chi connectivity index (χ1v) is 6.47. The Labute approximate surface area is 111 Å². The van der Waals surface area contributed by atoms with Gasteiger partial charge in [-0.1, -0.05) is 6.92 Å². The van der Waals surface area contributed by atoms with Crippen molar-refractivity contribution in [1.29, 1.82) is 0 Å². The summed E-state index contributed by atoms with van der Waals surface area (Å²) in [6.07, 6.45) is 0.511. The van der Waals surface area contributed by atoms with Crippen molar-refractivity contribution in [1.82, 2.24) is 15.1 Å². The van der Waals surface area contributed by atoms with Gasteiger partial charge in [0.15, 0.2) is 0 Å². The minimum Gasteiger partial charge on any atom is -0.391 e. The highest BCUT2D eigenvalue weighted by atomic mass is 16.3. The summed E-state index contributed by atoms with van der Waals surface area (Å²) in [4.78, 5) is 38.3. The number of aliphatic hydroxyl groups excluding tert-OH is 1. The van der Waals surface area contributed by atoms with Gasteiger partial charge < -0.3 is 15.3 Å². The Morgan fingerprint density at radius 2 is 2.21 bits per heavy atom. The van der Waals surface area contributed by atoms with Crippen molar-refractivity contribution in [3.63, 3.8) is 0 Å². The third kappa shape index (κ3) is 2.42. The molecule has 2 saturated heterocycles. The van der Waals surface area contributed by atoms with E-state index in [0.717, 1.165) is 4.90 Å². The van der Waals surface area contributed by atoms with E-state index in [9.17, 15) is 19.5 Å². The van der Waals surface area contributed by atoms with Crippen molar-refractivity contribution in [3.8, 4) is 0 Å². The number of nitrogens with zero attached hydrogens (tertiary/aromatic N) is 2. The molecule has 2 heterocycles. The van der Waals surface area contributed by atoms with Crippen molar-refractivity contribution >= 4 is 17.8 Å². The Hall–Kier alpha value is -1.63. The normalized spacial score (nSPS) is 31.0. The summed E-state index contributed by atoms with van der Waals surface area (Å²) in [5.74, 6) is -0.673. The second-order valence-corrected chi connectivity index (χ2v) is 5.29. The third-order valence-corrected chi connectivity index (χ3v) is 3.86. The molecule has 0 aliphatic carbocycles. The summed E-state index contributed by atoms with van der Waals surface area (Å²) in [6, 6.07) is -0.526. The largest absolute Gasteiger partial charge is 0.391 e. The summed E-state index contributed by atoms with van der Waals surface area (Å²) in [7, 11) is 0. The molecule has 0 aromatic heterocycles. The van der Waals surface area contributed by atoms with Gasteiger partial charge in [-0.2, -0.15) is 0 Å². The molecule has 2 N–H and O–H groups in total. The molecule has 4 amide bonds. The number of aliphatic hydroxyl groups is 1. The van der Waals surface area contributed by atoms with Gasteiger partial charge >= 0.3 is 6.03 Å². The number of hydrogen-bond acceptors (Lipinski definition) is 4. The molecule has 0 bridgehead atoms. The van der Waals surface area contributed by atoms with Gasteiger partial charge in [-0.05, 0) is 19.8 Å². The highest BCUT2D eigenvalue weighted by Crippen LogP contribution is 2.21. The van der Waals surface area contributed by atoms with Crippen LogP contribution in [0.15, 0.2) is 0 Å². The molecule has 2 rings (SSSR count). The van der Waals surface area contributed by atoms with Crippen molar-refractivity contribution in [2.75, 3.05) is 19.6 Å². The first-order chi connectivity index (χ1) is 8.87. The van der Waals surface area contributed by atoms with E-state index in [1.54, 1.807) is 13.8 Å². The van der Waals surface area contributed by atoms with Crippen LogP contribution in [0.25, 0.3) is 0 Å². The summed E-state index contributed by atoms with van der Waals surface area (Å²) in [5.41, 5.74) is -0.915. The van der Waals surface area contributed by atoms with Crippen LogP contribution >= 0.6 is 0 Å². The second-order valence-electron chi connectivity index (χ2n) is 5.29. The average Bonchev–Trinajstić information content (AvgIpc) is 2.88. The molecule has 0 spiro atoms. The lowest BCUT2D eigenvalue weighted by molar-refractivity contribution is -0.138. The van der Waals surface area contributed by atoms with Crippen molar-refractivity contribution in [2.45, 2.75) is 38.3 Å². The van der Waals surface area contributed by atoms with Gasteiger partial charge in [0.25, 0.3) is 5.91 Å². The number of hydrogen-bond donors (Lipinski definition) is 2. The number of likely N-dealkylation sites (tertiary alicyclic amines) is 1. The summed E-state index contributed by atoms with van der Waals surface area (Å²) < 4.78 is 0. The quantitative estimate of drug-likeness (QED) is 0.663. The third-order valence-electron chi connectivity index (χ3n) is 3.86. The lowest BCUT2D eigenvalue weighted by Crippen LogP contribution is -2.45. The predicted octanol–water partition coefficient (Wildman–Crippen LogP) is -0.700. The molecule has 2 aliphatic heterocycles. The summed E-state index contributed by atoms with van der Waals surface area (Å²) in [6.45, 7) is 3.94. The Kier molecular flexibility index (Phi) is 3.49. The van der Waals surface area contributed by atoms with Crippen LogP contribution in [0.1, 0.15) is 26.7 Å². The average molecular weight is 269 g/mol. The standard InChI is InChI=1S/C12H19N3O4/c1-3-12(2)10(18)15(11(19)13-12)7-9(17)14-5-4-8(16)6-14/h8,16H,3-7H2,1-2H3,(H,13,19)/t8-,12?/m0/s1. The molecule has 2 atom stereocenters. The maximum Gasteiger partial charge on any atom is 0.325 e. The topological polar surface area (TPSA) is 90.0 Å². The number of carbonyl (C=O) groups is 3. The zero-order chi connectivity index (χ0) is 14.2. The fourth-order valence-corrected chi connectivity index (χ4v) is 2.33. The molecule has 0 radical (unpaired) electrons. The smallest absolute Gasteiger partial charge is 0.325 e. The lowest BCUT2D eigenvalue weighted by Gasteiger charge is -2.21. The molecule has 19 heavy (non-hydrogen) atoms. The Morgan fingerprint density at radius 3 is 2.68 bits per heavy atom. The minimum absolute atomic E-state index is 0.257. The van der Waals surface area contributed by atoms with Gasteiger partial charge in [-0.15, -0.1) is 0 Å². The SMILES string of the molecule is CCC1(C)NC(=O)N(CC(=O)N2CC[C@H](O)C2)C1=O. The molecular weight excluding hydrogens is 250 g/mol. The van der Waals surface area contributed by atoms with E-state index in [-0.39, 0.29) is 24.9 Å². The van der Waals surface area contributed by atoms with E-state index in [1.165, 1.54) is 4.90 Å².